The van der Waals surface area contributed by atoms with Crippen molar-refractivity contribution in [2.75, 3.05) is 38.6 Å². The van der Waals surface area contributed by atoms with Crippen molar-refractivity contribution in [3.63, 3.8) is 0 Å². The normalized spacial score (nSPS) is 15.9. The minimum absolute atomic E-state index is 0.271. The van der Waals surface area contributed by atoms with Gasteiger partial charge in [-0.3, -0.25) is 9.10 Å². The molecule has 0 aliphatic carbocycles. The van der Waals surface area contributed by atoms with E-state index >= 15 is 0 Å². The largest absolute Gasteiger partial charge is 0.486 e. The topological polar surface area (TPSA) is 88.2 Å². The number of fused-ring (bicyclic) bond motifs is 1. The van der Waals surface area contributed by atoms with Gasteiger partial charge in [-0.1, -0.05) is 12.1 Å². The van der Waals surface area contributed by atoms with Gasteiger partial charge in [-0.15, -0.1) is 0 Å². The molecule has 9 heteroatoms. The van der Waals surface area contributed by atoms with Crippen LogP contribution in [0.5, 0.6) is 11.5 Å². The lowest BCUT2D eigenvalue weighted by molar-refractivity contribution is 0.0789. The average molecular weight is 405 g/mol. The van der Waals surface area contributed by atoms with Crippen molar-refractivity contribution >= 4 is 21.8 Å². The van der Waals surface area contributed by atoms with Crippen molar-refractivity contribution < 1.29 is 22.7 Å². The van der Waals surface area contributed by atoms with E-state index in [1.165, 1.54) is 21.1 Å². The van der Waals surface area contributed by atoms with E-state index in [1.807, 2.05) is 24.3 Å². The van der Waals surface area contributed by atoms with Crippen molar-refractivity contribution in [2.45, 2.75) is 6.10 Å². The zero-order valence-electron chi connectivity index (χ0n) is 16.0. The second-order valence-corrected chi connectivity index (χ2v) is 8.69. The van der Waals surface area contributed by atoms with Gasteiger partial charge >= 0.3 is 10.2 Å². The van der Waals surface area contributed by atoms with Gasteiger partial charge < -0.3 is 14.8 Å². The van der Waals surface area contributed by atoms with Crippen molar-refractivity contribution in [2.24, 2.45) is 0 Å². The Hall–Kier alpha value is -2.78. The summed E-state index contributed by atoms with van der Waals surface area (Å²) in [5.41, 5.74) is 0.891. The summed E-state index contributed by atoms with van der Waals surface area (Å²) in [6.45, 7) is 0.646. The molecule has 3 rings (SSSR count). The van der Waals surface area contributed by atoms with Gasteiger partial charge in [0.15, 0.2) is 11.5 Å². The van der Waals surface area contributed by atoms with Gasteiger partial charge in [0.25, 0.3) is 5.91 Å². The third-order valence-corrected chi connectivity index (χ3v) is 6.18. The first-order chi connectivity index (χ1) is 13.3. The molecule has 28 heavy (non-hydrogen) atoms. The van der Waals surface area contributed by atoms with Crippen LogP contribution >= 0.6 is 0 Å². The van der Waals surface area contributed by atoms with Gasteiger partial charge in [0, 0.05) is 26.7 Å². The lowest BCUT2D eigenvalue weighted by Crippen LogP contribution is -2.40. The Kier molecular flexibility index (Phi) is 5.76. The van der Waals surface area contributed by atoms with E-state index in [0.29, 0.717) is 35.9 Å². The van der Waals surface area contributed by atoms with Gasteiger partial charge in [-0.05, 0) is 36.4 Å². The average Bonchev–Trinajstić information content (AvgIpc) is 2.71. The van der Waals surface area contributed by atoms with Crippen LogP contribution in [0.2, 0.25) is 0 Å². The fraction of sp³-hybridized carbons (Fsp3) is 0.316. The van der Waals surface area contributed by atoms with Crippen molar-refractivity contribution in [1.82, 2.24) is 9.62 Å². The van der Waals surface area contributed by atoms with E-state index in [0.717, 1.165) is 8.61 Å². The second kappa shape index (κ2) is 8.07. The fourth-order valence-electron chi connectivity index (χ4n) is 2.67. The number of carbonyl (C=O) groups excluding carboxylic acids is 1. The maximum absolute atomic E-state index is 12.4. The van der Waals surface area contributed by atoms with E-state index in [4.69, 9.17) is 9.47 Å². The third kappa shape index (κ3) is 4.20. The molecule has 150 valence electrons. The van der Waals surface area contributed by atoms with Crippen molar-refractivity contribution in [3.05, 3.63) is 54.1 Å². The highest BCUT2D eigenvalue weighted by atomic mass is 32.2. The molecule has 0 saturated heterocycles. The van der Waals surface area contributed by atoms with Crippen LogP contribution in [0.3, 0.4) is 0 Å². The van der Waals surface area contributed by atoms with Crippen LogP contribution in [0.15, 0.2) is 48.5 Å². The number of amides is 1. The predicted octanol–water partition coefficient (Wildman–Crippen LogP) is 1.50. The molecule has 0 aromatic heterocycles. The molecule has 0 spiro atoms. The van der Waals surface area contributed by atoms with Crippen molar-refractivity contribution in [3.8, 4) is 11.5 Å². The first-order valence-electron chi connectivity index (χ1n) is 8.72. The van der Waals surface area contributed by atoms with Gasteiger partial charge in [-0.2, -0.15) is 12.7 Å². The van der Waals surface area contributed by atoms with Crippen LogP contribution in [0.1, 0.15) is 10.4 Å². The molecule has 2 aromatic carbocycles. The molecule has 1 aliphatic heterocycles. The zero-order valence-corrected chi connectivity index (χ0v) is 16.8. The number of anilines is 1. The lowest BCUT2D eigenvalue weighted by Gasteiger charge is -2.26. The Bertz CT molecular complexity index is 944. The third-order valence-electron chi connectivity index (χ3n) is 4.36. The number of benzene rings is 2. The number of carbonyl (C=O) groups is 1. The maximum atomic E-state index is 12.4. The summed E-state index contributed by atoms with van der Waals surface area (Å²) in [7, 11) is 0.807. The Morgan fingerprint density at radius 1 is 1.07 bits per heavy atom. The Morgan fingerprint density at radius 3 is 2.36 bits per heavy atom. The van der Waals surface area contributed by atoms with E-state index < -0.39 is 10.2 Å². The van der Waals surface area contributed by atoms with Crippen LogP contribution in [0.25, 0.3) is 0 Å². The molecule has 0 saturated carbocycles. The zero-order chi connectivity index (χ0) is 20.3. The fourth-order valence-corrected chi connectivity index (χ4v) is 3.55. The molecule has 1 atom stereocenters. The maximum Gasteiger partial charge on any atom is 0.303 e. The molecule has 1 amide bonds. The predicted molar refractivity (Wildman–Crippen MR) is 106 cm³/mol. The quantitative estimate of drug-likeness (QED) is 0.787. The minimum atomic E-state index is -3.58. The summed E-state index contributed by atoms with van der Waals surface area (Å²) >= 11 is 0. The second-order valence-electron chi connectivity index (χ2n) is 6.51. The molecule has 1 N–H and O–H groups in total. The van der Waals surface area contributed by atoms with Crippen LogP contribution < -0.4 is 19.1 Å². The molecular weight excluding hydrogens is 382 g/mol. The lowest BCUT2D eigenvalue weighted by atomic mass is 10.2. The number of ether oxygens (including phenoxy) is 2. The van der Waals surface area contributed by atoms with E-state index in [1.54, 1.807) is 24.3 Å². The number of hydrogen-bond acceptors (Lipinski definition) is 5. The summed E-state index contributed by atoms with van der Waals surface area (Å²) in [6, 6.07) is 13.7. The van der Waals surface area contributed by atoms with Crippen LogP contribution in [0, 0.1) is 0 Å². The smallest absolute Gasteiger partial charge is 0.303 e. The molecule has 1 heterocycles. The Morgan fingerprint density at radius 2 is 1.71 bits per heavy atom. The number of rotatable bonds is 6. The van der Waals surface area contributed by atoms with E-state index in [2.05, 4.69) is 5.32 Å². The van der Waals surface area contributed by atoms with Crippen molar-refractivity contribution in [1.29, 1.82) is 0 Å². The first kappa shape index (κ1) is 20.0. The first-order valence-corrected chi connectivity index (χ1v) is 10.1. The molecule has 1 aliphatic rings. The summed E-state index contributed by atoms with van der Waals surface area (Å²) < 4.78 is 38.0. The summed E-state index contributed by atoms with van der Waals surface area (Å²) in [5, 5.41) is 2.81. The molecule has 2 aromatic rings. The van der Waals surface area contributed by atoms with Gasteiger partial charge in [0.1, 0.15) is 12.7 Å². The summed E-state index contributed by atoms with van der Waals surface area (Å²) in [4.78, 5) is 12.4. The standard InChI is InChI=1S/C19H23N3O5S/c1-21(2)28(24,25)22(3)15-10-8-14(9-11-15)19(23)20-12-16-13-26-17-6-4-5-7-18(17)27-16/h4-11,16H,12-13H2,1-3H3,(H,20,23). The van der Waals surface area contributed by atoms with Gasteiger partial charge in [-0.25, -0.2) is 0 Å². The monoisotopic (exact) mass is 405 g/mol. The Labute approximate surface area is 164 Å². The van der Waals surface area contributed by atoms with Crippen LogP contribution in [0.4, 0.5) is 5.69 Å². The van der Waals surface area contributed by atoms with E-state index in [9.17, 15) is 13.2 Å². The SMILES string of the molecule is CN(C)S(=O)(=O)N(C)c1ccc(C(=O)NCC2COc3ccccc3O2)cc1. The van der Waals surface area contributed by atoms with Crippen LogP contribution in [-0.4, -0.2) is 59.0 Å². The molecule has 0 bridgehead atoms. The van der Waals surface area contributed by atoms with Crippen LogP contribution in [-0.2, 0) is 10.2 Å². The van der Waals surface area contributed by atoms with E-state index in [-0.39, 0.29) is 12.0 Å². The number of nitrogens with zero attached hydrogens (tertiary/aromatic N) is 2. The highest BCUT2D eigenvalue weighted by molar-refractivity contribution is 7.90. The highest BCUT2D eigenvalue weighted by Crippen LogP contribution is 2.30. The summed E-state index contributed by atoms with van der Waals surface area (Å²) in [6.07, 6.45) is -0.283. The molecular formula is C19H23N3O5S. The molecule has 0 fully saturated rings. The van der Waals surface area contributed by atoms with Gasteiger partial charge in [0.2, 0.25) is 0 Å². The minimum Gasteiger partial charge on any atom is -0.486 e. The number of para-hydroxylation sites is 2. The summed E-state index contributed by atoms with van der Waals surface area (Å²) in [5.74, 6) is 1.08. The van der Waals surface area contributed by atoms with Gasteiger partial charge in [0.05, 0.1) is 12.2 Å². The number of hydrogen-bond donors (Lipinski definition) is 1. The number of nitrogens with one attached hydrogen (secondary N) is 1. The molecule has 0 radical (unpaired) electrons. The Balaban J connectivity index is 1.58. The molecule has 1 unspecified atom stereocenters. The molecule has 8 nitrogen and oxygen atoms in total. The highest BCUT2D eigenvalue weighted by Gasteiger charge is 2.22.